The standard InChI is InChI=1S/C16H26N2O/c1-17(12-15-6-3-2-4-7-15)9-5-10-18-11-8-16(13-18)14-19/h2-4,6-7,16,19H,5,8-14H2,1H3. The lowest BCUT2D eigenvalue weighted by Gasteiger charge is -2.20. The van der Waals surface area contributed by atoms with E-state index in [0.717, 1.165) is 39.1 Å². The van der Waals surface area contributed by atoms with Crippen LogP contribution in [0, 0.1) is 5.92 Å². The zero-order chi connectivity index (χ0) is 13.5. The maximum absolute atomic E-state index is 9.13. The normalized spacial score (nSPS) is 20.3. The van der Waals surface area contributed by atoms with Crippen LogP contribution < -0.4 is 0 Å². The third kappa shape index (κ3) is 4.94. The van der Waals surface area contributed by atoms with Crippen LogP contribution >= 0.6 is 0 Å². The summed E-state index contributed by atoms with van der Waals surface area (Å²) in [5, 5.41) is 9.13. The minimum atomic E-state index is 0.352. The van der Waals surface area contributed by atoms with Gasteiger partial charge in [-0.2, -0.15) is 0 Å². The molecule has 0 spiro atoms. The van der Waals surface area contributed by atoms with Crippen molar-refractivity contribution in [2.45, 2.75) is 19.4 Å². The molecule has 2 rings (SSSR count). The Morgan fingerprint density at radius 1 is 1.32 bits per heavy atom. The quantitative estimate of drug-likeness (QED) is 0.812. The van der Waals surface area contributed by atoms with Gasteiger partial charge in [0.25, 0.3) is 0 Å². The van der Waals surface area contributed by atoms with Gasteiger partial charge in [-0.1, -0.05) is 30.3 Å². The summed E-state index contributed by atoms with van der Waals surface area (Å²) in [6.07, 6.45) is 2.37. The molecular formula is C16H26N2O. The van der Waals surface area contributed by atoms with Gasteiger partial charge in [0.05, 0.1) is 0 Å². The molecule has 106 valence electrons. The Hall–Kier alpha value is -0.900. The maximum Gasteiger partial charge on any atom is 0.0471 e. The molecule has 1 aliphatic heterocycles. The second-order valence-corrected chi connectivity index (χ2v) is 5.71. The lowest BCUT2D eigenvalue weighted by Crippen LogP contribution is -2.27. The molecule has 1 atom stereocenters. The van der Waals surface area contributed by atoms with Gasteiger partial charge in [0, 0.05) is 19.7 Å². The Morgan fingerprint density at radius 3 is 2.79 bits per heavy atom. The van der Waals surface area contributed by atoms with E-state index in [1.54, 1.807) is 0 Å². The summed E-state index contributed by atoms with van der Waals surface area (Å²) in [7, 11) is 2.19. The smallest absolute Gasteiger partial charge is 0.0471 e. The molecule has 1 heterocycles. The van der Waals surface area contributed by atoms with Crippen molar-refractivity contribution in [3.63, 3.8) is 0 Å². The molecule has 1 unspecified atom stereocenters. The Balaban J connectivity index is 1.60. The third-order valence-electron chi connectivity index (χ3n) is 3.94. The van der Waals surface area contributed by atoms with Crippen LogP contribution in [0.1, 0.15) is 18.4 Å². The predicted octanol–water partition coefficient (Wildman–Crippen LogP) is 1.82. The highest BCUT2D eigenvalue weighted by atomic mass is 16.3. The first-order valence-corrected chi connectivity index (χ1v) is 7.33. The van der Waals surface area contributed by atoms with Crippen molar-refractivity contribution in [2.75, 3.05) is 39.8 Å². The van der Waals surface area contributed by atoms with Gasteiger partial charge in [-0.05, 0) is 51.0 Å². The van der Waals surface area contributed by atoms with Crippen molar-refractivity contribution in [3.8, 4) is 0 Å². The third-order valence-corrected chi connectivity index (χ3v) is 3.94. The minimum Gasteiger partial charge on any atom is -0.396 e. The summed E-state index contributed by atoms with van der Waals surface area (Å²) < 4.78 is 0. The molecule has 0 radical (unpaired) electrons. The molecule has 1 aromatic rings. The highest BCUT2D eigenvalue weighted by molar-refractivity contribution is 5.14. The van der Waals surface area contributed by atoms with E-state index in [-0.39, 0.29) is 0 Å². The topological polar surface area (TPSA) is 26.7 Å². The molecule has 1 saturated heterocycles. The molecule has 0 amide bonds. The van der Waals surface area contributed by atoms with Gasteiger partial charge in [0.15, 0.2) is 0 Å². The number of hydrogen-bond donors (Lipinski definition) is 1. The van der Waals surface area contributed by atoms with Crippen LogP contribution in [0.25, 0.3) is 0 Å². The summed E-state index contributed by atoms with van der Waals surface area (Å²) in [5.41, 5.74) is 1.38. The van der Waals surface area contributed by atoms with Crippen LogP contribution in [0.4, 0.5) is 0 Å². The summed E-state index contributed by atoms with van der Waals surface area (Å²) in [6, 6.07) is 10.6. The highest BCUT2D eigenvalue weighted by Crippen LogP contribution is 2.15. The van der Waals surface area contributed by atoms with Gasteiger partial charge in [-0.15, -0.1) is 0 Å². The molecule has 1 N–H and O–H groups in total. The molecule has 0 aromatic heterocycles. The molecule has 19 heavy (non-hydrogen) atoms. The fourth-order valence-electron chi connectivity index (χ4n) is 2.80. The van der Waals surface area contributed by atoms with Gasteiger partial charge in [0.1, 0.15) is 0 Å². The van der Waals surface area contributed by atoms with E-state index in [9.17, 15) is 0 Å². The molecule has 1 fully saturated rings. The van der Waals surface area contributed by atoms with Crippen molar-refractivity contribution in [1.29, 1.82) is 0 Å². The first-order valence-electron chi connectivity index (χ1n) is 7.33. The second kappa shape index (κ2) is 7.63. The lowest BCUT2D eigenvalue weighted by atomic mass is 10.1. The fraction of sp³-hybridized carbons (Fsp3) is 0.625. The summed E-state index contributed by atoms with van der Waals surface area (Å²) in [6.45, 7) is 5.92. The second-order valence-electron chi connectivity index (χ2n) is 5.71. The van der Waals surface area contributed by atoms with Crippen molar-refractivity contribution >= 4 is 0 Å². The molecule has 0 aliphatic carbocycles. The van der Waals surface area contributed by atoms with Crippen LogP contribution in [0.2, 0.25) is 0 Å². The van der Waals surface area contributed by atoms with E-state index >= 15 is 0 Å². The minimum absolute atomic E-state index is 0.352. The Kier molecular flexibility index (Phi) is 5.83. The van der Waals surface area contributed by atoms with Gasteiger partial charge in [0.2, 0.25) is 0 Å². The van der Waals surface area contributed by atoms with E-state index in [1.165, 1.54) is 12.0 Å². The Labute approximate surface area is 116 Å². The lowest BCUT2D eigenvalue weighted by molar-refractivity contribution is 0.217. The summed E-state index contributed by atoms with van der Waals surface area (Å²) >= 11 is 0. The SMILES string of the molecule is CN(CCCN1CCC(CO)C1)Cc1ccccc1. The van der Waals surface area contributed by atoms with Crippen molar-refractivity contribution in [3.05, 3.63) is 35.9 Å². The van der Waals surface area contributed by atoms with Crippen molar-refractivity contribution in [1.82, 2.24) is 9.80 Å². The zero-order valence-corrected chi connectivity index (χ0v) is 12.0. The summed E-state index contributed by atoms with van der Waals surface area (Å²) in [5.74, 6) is 0.516. The molecule has 1 aliphatic rings. The number of hydrogen-bond acceptors (Lipinski definition) is 3. The summed E-state index contributed by atoms with van der Waals surface area (Å²) in [4.78, 5) is 4.87. The van der Waals surface area contributed by atoms with E-state index < -0.39 is 0 Å². The van der Waals surface area contributed by atoms with Crippen LogP contribution in [0.3, 0.4) is 0 Å². The molecule has 0 saturated carbocycles. The average molecular weight is 262 g/mol. The Morgan fingerprint density at radius 2 is 2.11 bits per heavy atom. The van der Waals surface area contributed by atoms with Crippen LogP contribution in [0.5, 0.6) is 0 Å². The van der Waals surface area contributed by atoms with Crippen LogP contribution in [-0.4, -0.2) is 54.7 Å². The molecule has 0 bridgehead atoms. The van der Waals surface area contributed by atoms with Crippen LogP contribution in [-0.2, 0) is 6.54 Å². The van der Waals surface area contributed by atoms with Gasteiger partial charge < -0.3 is 14.9 Å². The van der Waals surface area contributed by atoms with E-state index in [4.69, 9.17) is 5.11 Å². The van der Waals surface area contributed by atoms with Gasteiger partial charge in [-0.3, -0.25) is 0 Å². The number of aliphatic hydroxyl groups is 1. The monoisotopic (exact) mass is 262 g/mol. The number of nitrogens with zero attached hydrogens (tertiary/aromatic N) is 2. The van der Waals surface area contributed by atoms with Crippen molar-refractivity contribution in [2.24, 2.45) is 5.92 Å². The van der Waals surface area contributed by atoms with E-state index in [1.807, 2.05) is 0 Å². The fourth-order valence-corrected chi connectivity index (χ4v) is 2.80. The number of aliphatic hydroxyl groups excluding tert-OH is 1. The van der Waals surface area contributed by atoms with E-state index in [2.05, 4.69) is 47.2 Å². The highest BCUT2D eigenvalue weighted by Gasteiger charge is 2.20. The molecule has 3 nitrogen and oxygen atoms in total. The zero-order valence-electron chi connectivity index (χ0n) is 12.0. The number of benzene rings is 1. The molecular weight excluding hydrogens is 236 g/mol. The molecule has 1 aromatic carbocycles. The first kappa shape index (κ1) is 14.5. The van der Waals surface area contributed by atoms with Crippen LogP contribution in [0.15, 0.2) is 30.3 Å². The van der Waals surface area contributed by atoms with Gasteiger partial charge >= 0.3 is 0 Å². The largest absolute Gasteiger partial charge is 0.396 e. The van der Waals surface area contributed by atoms with Crippen molar-refractivity contribution < 1.29 is 5.11 Å². The average Bonchev–Trinajstić information content (AvgIpc) is 2.88. The molecule has 3 heteroatoms. The first-order chi connectivity index (χ1) is 9.28. The maximum atomic E-state index is 9.13. The van der Waals surface area contributed by atoms with Gasteiger partial charge in [-0.25, -0.2) is 0 Å². The number of likely N-dealkylation sites (tertiary alicyclic amines) is 1. The van der Waals surface area contributed by atoms with E-state index in [0.29, 0.717) is 12.5 Å². The number of rotatable bonds is 7. The predicted molar refractivity (Wildman–Crippen MR) is 79.0 cm³/mol. The Bertz CT molecular complexity index is 355.